The minimum atomic E-state index is -3.41. The van der Waals surface area contributed by atoms with Crippen LogP contribution in [-0.2, 0) is 9.09 Å². The van der Waals surface area contributed by atoms with Crippen molar-refractivity contribution in [2.45, 2.75) is 12.6 Å². The lowest BCUT2D eigenvalue weighted by molar-refractivity contribution is -0.123. The van der Waals surface area contributed by atoms with E-state index in [-0.39, 0.29) is 31.3 Å². The maximum Gasteiger partial charge on any atom is 0.347 e. The van der Waals surface area contributed by atoms with Gasteiger partial charge in [0.15, 0.2) is 0 Å². The standard InChI is InChI=1S/C9H19Cl2N4O4P/c1-13(5-3-10)20(18)14(6-4-11)8(2-7-19-20)15(17)9(12)16/h8,17H,2-7H2,1H3,(H2,12,16). The molecule has 2 atom stereocenters. The van der Waals surface area contributed by atoms with Crippen LogP contribution in [0.2, 0.25) is 0 Å². The minimum Gasteiger partial charge on any atom is -0.350 e. The molecular weight excluding hydrogens is 330 g/mol. The topological polar surface area (TPSA) is 99.3 Å². The molecule has 0 aromatic heterocycles. The Morgan fingerprint density at radius 1 is 1.55 bits per heavy atom. The molecule has 8 nitrogen and oxygen atoms in total. The van der Waals surface area contributed by atoms with E-state index in [1.165, 1.54) is 9.34 Å². The van der Waals surface area contributed by atoms with Crippen molar-refractivity contribution < 1.29 is 19.1 Å². The van der Waals surface area contributed by atoms with Crippen LogP contribution in [0.15, 0.2) is 0 Å². The Hall–Kier alpha value is -0.0800. The van der Waals surface area contributed by atoms with E-state index in [2.05, 4.69) is 0 Å². The lowest BCUT2D eigenvalue weighted by atomic mass is 10.3. The third kappa shape index (κ3) is 3.76. The van der Waals surface area contributed by atoms with Crippen LogP contribution in [0.5, 0.6) is 0 Å². The number of primary amides is 1. The van der Waals surface area contributed by atoms with Crippen LogP contribution < -0.4 is 5.73 Å². The Bertz CT molecular complexity index is 389. The molecule has 11 heteroatoms. The first-order chi connectivity index (χ1) is 9.38. The summed E-state index contributed by atoms with van der Waals surface area (Å²) in [5, 5.41) is 10.1. The van der Waals surface area contributed by atoms with Gasteiger partial charge in [0, 0.05) is 31.3 Å². The number of alkyl halides is 2. The van der Waals surface area contributed by atoms with E-state index in [1.807, 2.05) is 0 Å². The highest BCUT2D eigenvalue weighted by atomic mass is 35.5. The van der Waals surface area contributed by atoms with Gasteiger partial charge in [0.25, 0.3) is 0 Å². The van der Waals surface area contributed by atoms with E-state index in [1.54, 1.807) is 7.05 Å². The molecule has 2 amide bonds. The van der Waals surface area contributed by atoms with Crippen molar-refractivity contribution >= 4 is 36.9 Å². The number of carbonyl (C=O) groups is 1. The molecule has 0 aromatic carbocycles. The van der Waals surface area contributed by atoms with Crippen LogP contribution in [-0.4, -0.2) is 70.3 Å². The molecule has 1 rings (SSSR count). The van der Waals surface area contributed by atoms with E-state index in [0.29, 0.717) is 11.6 Å². The molecule has 3 N–H and O–H groups in total. The van der Waals surface area contributed by atoms with E-state index in [0.717, 1.165) is 0 Å². The van der Waals surface area contributed by atoms with Crippen LogP contribution in [0.25, 0.3) is 0 Å². The molecule has 1 aliphatic rings. The molecule has 118 valence electrons. The average molecular weight is 349 g/mol. The van der Waals surface area contributed by atoms with Gasteiger partial charge in [0.2, 0.25) is 0 Å². The highest BCUT2D eigenvalue weighted by Crippen LogP contribution is 2.57. The molecule has 0 saturated carbocycles. The summed E-state index contributed by atoms with van der Waals surface area (Å²) in [7, 11) is -1.81. The van der Waals surface area contributed by atoms with E-state index < -0.39 is 19.9 Å². The Balaban J connectivity index is 3.04. The number of hydroxylamine groups is 2. The summed E-state index contributed by atoms with van der Waals surface area (Å²) < 4.78 is 21.2. The van der Waals surface area contributed by atoms with Crippen LogP contribution in [0.1, 0.15) is 6.42 Å². The summed E-state index contributed by atoms with van der Waals surface area (Å²) in [5.74, 6) is 0.424. The number of hydrogen-bond donors (Lipinski definition) is 2. The van der Waals surface area contributed by atoms with Crippen molar-refractivity contribution in [1.29, 1.82) is 0 Å². The zero-order valence-corrected chi connectivity index (χ0v) is 13.5. The lowest BCUT2D eigenvalue weighted by Crippen LogP contribution is -2.54. The van der Waals surface area contributed by atoms with Crippen LogP contribution in [0.4, 0.5) is 4.79 Å². The van der Waals surface area contributed by atoms with Crippen molar-refractivity contribution in [3.8, 4) is 0 Å². The summed E-state index contributed by atoms with van der Waals surface area (Å²) in [5.41, 5.74) is 5.06. The van der Waals surface area contributed by atoms with Crippen LogP contribution >= 0.6 is 30.9 Å². The van der Waals surface area contributed by atoms with Gasteiger partial charge in [-0.1, -0.05) is 0 Å². The quantitative estimate of drug-likeness (QED) is 0.325. The molecule has 0 aromatic rings. The molecule has 0 radical (unpaired) electrons. The highest BCUT2D eigenvalue weighted by Gasteiger charge is 2.46. The SMILES string of the molecule is CN(CCCl)P1(=O)OCCC(N(O)C(N)=O)N1CCCl. The zero-order chi connectivity index (χ0) is 15.3. The lowest BCUT2D eigenvalue weighted by Gasteiger charge is -2.45. The second-order valence-corrected chi connectivity index (χ2v) is 7.39. The monoisotopic (exact) mass is 348 g/mol. The van der Waals surface area contributed by atoms with E-state index >= 15 is 0 Å². The number of hydrogen-bond acceptors (Lipinski definition) is 4. The summed E-state index contributed by atoms with van der Waals surface area (Å²) in [6.07, 6.45) is -0.571. The van der Waals surface area contributed by atoms with Crippen LogP contribution in [0.3, 0.4) is 0 Å². The largest absolute Gasteiger partial charge is 0.350 e. The van der Waals surface area contributed by atoms with Crippen molar-refractivity contribution in [2.24, 2.45) is 5.73 Å². The second-order valence-electron chi connectivity index (χ2n) is 4.20. The van der Waals surface area contributed by atoms with Gasteiger partial charge in [-0.05, 0) is 7.05 Å². The van der Waals surface area contributed by atoms with Crippen molar-refractivity contribution in [1.82, 2.24) is 14.4 Å². The number of halogens is 2. The molecule has 0 spiro atoms. The Morgan fingerprint density at radius 3 is 2.70 bits per heavy atom. The number of amides is 2. The molecule has 0 aliphatic carbocycles. The first-order valence-corrected chi connectivity index (χ1v) is 8.61. The molecule has 1 aliphatic heterocycles. The number of nitrogens with zero attached hydrogens (tertiary/aromatic N) is 3. The van der Waals surface area contributed by atoms with Gasteiger partial charge < -0.3 is 10.3 Å². The minimum absolute atomic E-state index is 0.123. The fraction of sp³-hybridized carbons (Fsp3) is 0.889. The third-order valence-electron chi connectivity index (χ3n) is 2.97. The molecule has 0 bridgehead atoms. The Morgan fingerprint density at radius 2 is 2.20 bits per heavy atom. The highest BCUT2D eigenvalue weighted by molar-refractivity contribution is 7.54. The van der Waals surface area contributed by atoms with Gasteiger partial charge in [-0.15, -0.1) is 23.2 Å². The van der Waals surface area contributed by atoms with E-state index in [4.69, 9.17) is 33.5 Å². The first-order valence-electron chi connectivity index (χ1n) is 6.01. The van der Waals surface area contributed by atoms with Gasteiger partial charge >= 0.3 is 13.7 Å². The summed E-state index contributed by atoms with van der Waals surface area (Å²) in [6, 6.07) is -1.02. The predicted octanol–water partition coefficient (Wildman–Crippen LogP) is 1.32. The van der Waals surface area contributed by atoms with Crippen molar-refractivity contribution in [3.05, 3.63) is 0 Å². The summed E-state index contributed by atoms with van der Waals surface area (Å²) >= 11 is 11.4. The van der Waals surface area contributed by atoms with Gasteiger partial charge in [-0.25, -0.2) is 9.46 Å². The number of rotatable bonds is 6. The van der Waals surface area contributed by atoms with Gasteiger partial charge in [0.05, 0.1) is 6.61 Å². The van der Waals surface area contributed by atoms with Gasteiger partial charge in [-0.2, -0.15) is 9.73 Å². The fourth-order valence-electron chi connectivity index (χ4n) is 1.97. The number of carbonyl (C=O) groups excluding carboxylic acids is 1. The third-order valence-corrected chi connectivity index (χ3v) is 6.00. The number of nitrogens with two attached hydrogens (primary N) is 1. The maximum atomic E-state index is 13.0. The fourth-order valence-corrected chi connectivity index (χ4v) is 4.98. The smallest absolute Gasteiger partial charge is 0.347 e. The molecular formula is C9H19Cl2N4O4P. The van der Waals surface area contributed by atoms with Gasteiger partial charge in [0.1, 0.15) is 6.17 Å². The number of urea groups is 1. The predicted molar refractivity (Wildman–Crippen MR) is 75.9 cm³/mol. The van der Waals surface area contributed by atoms with Crippen molar-refractivity contribution in [2.75, 3.05) is 38.5 Å². The molecule has 1 heterocycles. The molecule has 2 unspecified atom stereocenters. The molecule has 1 saturated heterocycles. The second kappa shape index (κ2) is 7.79. The average Bonchev–Trinajstić information content (AvgIpc) is 2.40. The summed E-state index contributed by atoms with van der Waals surface area (Å²) in [4.78, 5) is 11.1. The van der Waals surface area contributed by atoms with Crippen LogP contribution in [0, 0.1) is 0 Å². The normalized spacial score (nSPS) is 27.8. The van der Waals surface area contributed by atoms with E-state index in [9.17, 15) is 14.6 Å². The zero-order valence-electron chi connectivity index (χ0n) is 11.1. The Kier molecular flexibility index (Phi) is 7.00. The molecule has 20 heavy (non-hydrogen) atoms. The Labute approximate surface area is 127 Å². The van der Waals surface area contributed by atoms with Crippen molar-refractivity contribution in [3.63, 3.8) is 0 Å². The van der Waals surface area contributed by atoms with Gasteiger partial charge in [-0.3, -0.25) is 9.77 Å². The molecule has 1 fully saturated rings. The summed E-state index contributed by atoms with van der Waals surface area (Å²) in [6.45, 7) is 0.616. The maximum absolute atomic E-state index is 13.0. The first kappa shape index (κ1) is 18.0.